The van der Waals surface area contributed by atoms with Crippen molar-refractivity contribution in [3.63, 3.8) is 0 Å². The number of nitrogens with one attached hydrogen (secondary N) is 1. The van der Waals surface area contributed by atoms with Gasteiger partial charge in [0, 0.05) is 36.7 Å². The first kappa shape index (κ1) is 20.6. The Bertz CT molecular complexity index is 1160. The molecule has 0 saturated carbocycles. The molecular weight excluding hydrogens is 398 g/mol. The quantitative estimate of drug-likeness (QED) is 0.656. The van der Waals surface area contributed by atoms with E-state index in [2.05, 4.69) is 5.32 Å². The normalized spacial score (nSPS) is 16.1. The Balaban J connectivity index is 1.51. The third-order valence-corrected chi connectivity index (χ3v) is 7.67. The topological polar surface area (TPSA) is 71.4 Å². The highest BCUT2D eigenvalue weighted by Gasteiger charge is 2.27. The van der Waals surface area contributed by atoms with Gasteiger partial charge in [0.2, 0.25) is 15.9 Å². The first-order valence-corrected chi connectivity index (χ1v) is 11.7. The van der Waals surface area contributed by atoms with Crippen molar-refractivity contribution in [3.05, 3.63) is 65.9 Å². The summed E-state index contributed by atoms with van der Waals surface area (Å²) >= 11 is 0. The summed E-state index contributed by atoms with van der Waals surface area (Å²) in [7, 11) is -3.46. The van der Waals surface area contributed by atoms with Crippen molar-refractivity contribution < 1.29 is 13.2 Å². The molecule has 2 aromatic carbocycles. The van der Waals surface area contributed by atoms with Crippen LogP contribution in [0.15, 0.2) is 59.6 Å². The molecule has 0 spiro atoms. The second-order valence-electron chi connectivity index (χ2n) is 7.93. The molecule has 1 fully saturated rings. The first-order valence-electron chi connectivity index (χ1n) is 10.3. The molecule has 3 aromatic rings. The number of rotatable bonds is 6. The van der Waals surface area contributed by atoms with E-state index in [-0.39, 0.29) is 5.91 Å². The molecule has 1 amide bonds. The lowest BCUT2D eigenvalue weighted by Gasteiger charge is -2.17. The minimum absolute atomic E-state index is 0.0816. The molecule has 4 rings (SSSR count). The van der Waals surface area contributed by atoms with Gasteiger partial charge in [-0.05, 0) is 56.5 Å². The summed E-state index contributed by atoms with van der Waals surface area (Å²) in [5, 5.41) is 3.79. The van der Waals surface area contributed by atoms with Crippen LogP contribution in [0, 0.1) is 6.92 Å². The van der Waals surface area contributed by atoms with Gasteiger partial charge in [-0.3, -0.25) is 4.79 Å². The minimum Gasteiger partial charge on any atom is -0.350 e. The molecule has 158 valence electrons. The fourth-order valence-corrected chi connectivity index (χ4v) is 5.44. The van der Waals surface area contributed by atoms with Crippen LogP contribution >= 0.6 is 0 Å². The van der Waals surface area contributed by atoms with Crippen LogP contribution in [0.25, 0.3) is 10.9 Å². The monoisotopic (exact) mass is 425 g/mol. The van der Waals surface area contributed by atoms with Gasteiger partial charge in [0.05, 0.1) is 4.90 Å². The zero-order valence-corrected chi connectivity index (χ0v) is 18.2. The maximum Gasteiger partial charge on any atom is 0.243 e. The molecular formula is C23H27N3O3S. The van der Waals surface area contributed by atoms with E-state index in [1.807, 2.05) is 54.9 Å². The molecule has 0 aliphatic carbocycles. The molecule has 1 aliphatic rings. The van der Waals surface area contributed by atoms with Crippen LogP contribution in [0.2, 0.25) is 0 Å². The fourth-order valence-electron chi connectivity index (χ4n) is 3.89. The van der Waals surface area contributed by atoms with Crippen molar-refractivity contribution in [3.8, 4) is 0 Å². The smallest absolute Gasteiger partial charge is 0.243 e. The van der Waals surface area contributed by atoms with Gasteiger partial charge in [-0.1, -0.05) is 29.8 Å². The van der Waals surface area contributed by atoms with Crippen molar-refractivity contribution in [2.45, 2.75) is 44.2 Å². The molecule has 2 heterocycles. The van der Waals surface area contributed by atoms with Crippen molar-refractivity contribution in [2.75, 3.05) is 13.1 Å². The standard InChI is InChI=1S/C23H27N3O3S/c1-17-5-7-19(8-6-17)16-24-23(27)18(2)26-14-11-20-15-21(9-10-22(20)26)30(28,29)25-12-3-4-13-25/h5-11,14-15,18H,3-4,12-13,16H2,1-2H3,(H,24,27)/t18-/m1/s1. The Kier molecular flexibility index (Phi) is 5.66. The van der Waals surface area contributed by atoms with E-state index < -0.39 is 16.1 Å². The number of fused-ring (bicyclic) bond motifs is 1. The highest BCUT2D eigenvalue weighted by atomic mass is 32.2. The number of aryl methyl sites for hydroxylation is 1. The second-order valence-corrected chi connectivity index (χ2v) is 9.87. The number of sulfonamides is 1. The molecule has 1 atom stereocenters. The van der Waals surface area contributed by atoms with Crippen molar-refractivity contribution >= 4 is 26.8 Å². The maximum absolute atomic E-state index is 12.8. The summed E-state index contributed by atoms with van der Waals surface area (Å²) in [6, 6.07) is 14.7. The highest BCUT2D eigenvalue weighted by molar-refractivity contribution is 7.89. The number of carbonyl (C=O) groups is 1. The summed E-state index contributed by atoms with van der Waals surface area (Å²) in [5.41, 5.74) is 3.08. The third kappa shape index (κ3) is 4.00. The Hall–Kier alpha value is -2.64. The Morgan fingerprint density at radius 3 is 2.47 bits per heavy atom. The van der Waals surface area contributed by atoms with Crippen molar-refractivity contribution in [2.24, 2.45) is 0 Å². The Morgan fingerprint density at radius 2 is 1.77 bits per heavy atom. The molecule has 1 N–H and O–H groups in total. The van der Waals surface area contributed by atoms with Gasteiger partial charge in [0.25, 0.3) is 0 Å². The number of hydrogen-bond acceptors (Lipinski definition) is 3. The van der Waals surface area contributed by atoms with Gasteiger partial charge in [-0.2, -0.15) is 4.31 Å². The van der Waals surface area contributed by atoms with Crippen LogP contribution in [0.1, 0.15) is 36.9 Å². The van der Waals surface area contributed by atoms with Crippen LogP contribution in [0.5, 0.6) is 0 Å². The lowest BCUT2D eigenvalue weighted by Crippen LogP contribution is -2.30. The predicted molar refractivity (Wildman–Crippen MR) is 118 cm³/mol. The fraction of sp³-hybridized carbons (Fsp3) is 0.348. The zero-order valence-electron chi connectivity index (χ0n) is 17.3. The molecule has 6 nitrogen and oxygen atoms in total. The predicted octanol–water partition coefficient (Wildman–Crippen LogP) is 3.61. The zero-order chi connectivity index (χ0) is 21.3. The van der Waals surface area contributed by atoms with Crippen LogP contribution in [0.4, 0.5) is 0 Å². The molecule has 0 unspecified atom stereocenters. The Morgan fingerprint density at radius 1 is 1.07 bits per heavy atom. The number of benzene rings is 2. The van der Waals surface area contributed by atoms with Gasteiger partial charge < -0.3 is 9.88 Å². The summed E-state index contributed by atoms with van der Waals surface area (Å²) in [6.45, 7) is 5.52. The Labute approximate surface area is 177 Å². The minimum atomic E-state index is -3.46. The van der Waals surface area contributed by atoms with E-state index in [9.17, 15) is 13.2 Å². The molecule has 30 heavy (non-hydrogen) atoms. The van der Waals surface area contributed by atoms with E-state index in [1.54, 1.807) is 22.5 Å². The van der Waals surface area contributed by atoms with E-state index in [0.29, 0.717) is 24.5 Å². The van der Waals surface area contributed by atoms with Crippen LogP contribution in [-0.4, -0.2) is 36.3 Å². The van der Waals surface area contributed by atoms with Crippen LogP contribution < -0.4 is 5.32 Å². The summed E-state index contributed by atoms with van der Waals surface area (Å²) in [6.07, 6.45) is 3.66. The summed E-state index contributed by atoms with van der Waals surface area (Å²) in [5.74, 6) is -0.0816. The van der Waals surface area contributed by atoms with Crippen LogP contribution in [0.3, 0.4) is 0 Å². The highest BCUT2D eigenvalue weighted by Crippen LogP contribution is 2.27. The number of amides is 1. The van der Waals surface area contributed by atoms with Gasteiger partial charge in [-0.25, -0.2) is 8.42 Å². The van der Waals surface area contributed by atoms with E-state index in [1.165, 1.54) is 5.56 Å². The number of carbonyl (C=O) groups excluding carboxylic acids is 1. The van der Waals surface area contributed by atoms with E-state index in [4.69, 9.17) is 0 Å². The van der Waals surface area contributed by atoms with Gasteiger partial charge in [-0.15, -0.1) is 0 Å². The average Bonchev–Trinajstić information content (AvgIpc) is 3.42. The number of nitrogens with zero attached hydrogens (tertiary/aromatic N) is 2. The lowest BCUT2D eigenvalue weighted by molar-refractivity contribution is -0.123. The van der Waals surface area contributed by atoms with Gasteiger partial charge in [0.15, 0.2) is 0 Å². The molecule has 0 radical (unpaired) electrons. The van der Waals surface area contributed by atoms with Crippen LogP contribution in [-0.2, 0) is 21.4 Å². The summed E-state index contributed by atoms with van der Waals surface area (Å²) < 4.78 is 29.1. The van der Waals surface area contributed by atoms with E-state index >= 15 is 0 Å². The average molecular weight is 426 g/mol. The molecule has 7 heteroatoms. The second kappa shape index (κ2) is 8.24. The third-order valence-electron chi connectivity index (χ3n) is 5.78. The molecule has 1 saturated heterocycles. The molecule has 1 aromatic heterocycles. The van der Waals surface area contributed by atoms with Crippen molar-refractivity contribution in [1.82, 2.24) is 14.2 Å². The molecule has 0 bridgehead atoms. The van der Waals surface area contributed by atoms with Gasteiger partial charge >= 0.3 is 0 Å². The summed E-state index contributed by atoms with van der Waals surface area (Å²) in [4.78, 5) is 13.0. The first-order chi connectivity index (χ1) is 14.4. The maximum atomic E-state index is 12.8. The van der Waals surface area contributed by atoms with E-state index in [0.717, 1.165) is 29.3 Å². The largest absolute Gasteiger partial charge is 0.350 e. The number of aromatic nitrogens is 1. The van der Waals surface area contributed by atoms with Gasteiger partial charge in [0.1, 0.15) is 6.04 Å². The lowest BCUT2D eigenvalue weighted by atomic mass is 10.1. The SMILES string of the molecule is Cc1ccc(CNC(=O)[C@@H](C)n2ccc3cc(S(=O)(=O)N4CCCC4)ccc32)cc1. The molecule has 1 aliphatic heterocycles. The number of hydrogen-bond donors (Lipinski definition) is 1. The van der Waals surface area contributed by atoms with Crippen molar-refractivity contribution in [1.29, 1.82) is 0 Å².